The van der Waals surface area contributed by atoms with E-state index in [1.165, 1.54) is 24.0 Å². The normalized spacial score (nSPS) is 30.5. The first kappa shape index (κ1) is 16.1. The van der Waals surface area contributed by atoms with Gasteiger partial charge in [0.05, 0.1) is 12.1 Å². The molecule has 2 bridgehead atoms. The van der Waals surface area contributed by atoms with Gasteiger partial charge in [-0.25, -0.2) is 0 Å². The molecule has 0 spiro atoms. The Morgan fingerprint density at radius 2 is 2.17 bits per heavy atom. The van der Waals surface area contributed by atoms with Crippen molar-refractivity contribution >= 4 is 5.91 Å². The van der Waals surface area contributed by atoms with Crippen LogP contribution in [-0.2, 0) is 4.79 Å². The van der Waals surface area contributed by atoms with Crippen LogP contribution in [0.15, 0.2) is 18.2 Å². The van der Waals surface area contributed by atoms with Crippen LogP contribution < -0.4 is 5.32 Å². The molecule has 0 heterocycles. The molecule has 0 aromatic heterocycles. The minimum atomic E-state index is -0.798. The number of hydrogen-bond acceptors (Lipinski definition) is 2. The van der Waals surface area contributed by atoms with Crippen LogP contribution >= 0.6 is 0 Å². The molecule has 4 unspecified atom stereocenters. The molecule has 2 aliphatic carbocycles. The minimum Gasteiger partial charge on any atom is -0.348 e. The van der Waals surface area contributed by atoms with Crippen LogP contribution in [-0.4, -0.2) is 5.91 Å². The number of carbonyl (C=O) groups is 1. The number of carbonyl (C=O) groups excluding carboxylic acids is 1. The lowest BCUT2D eigenvalue weighted by molar-refractivity contribution is -0.130. The number of benzene rings is 1. The Hall–Kier alpha value is -1.82. The smallest absolute Gasteiger partial charge is 0.241 e. The lowest BCUT2D eigenvalue weighted by Gasteiger charge is -2.29. The summed E-state index contributed by atoms with van der Waals surface area (Å²) in [7, 11) is 0. The molecule has 23 heavy (non-hydrogen) atoms. The highest BCUT2D eigenvalue weighted by Gasteiger charge is 2.54. The van der Waals surface area contributed by atoms with Crippen LogP contribution in [0.4, 0.5) is 0 Å². The third-order valence-electron chi connectivity index (χ3n) is 5.93. The molecule has 2 saturated carbocycles. The molecule has 1 aromatic rings. The number of amides is 1. The number of nitriles is 1. The molecule has 3 nitrogen and oxygen atoms in total. The van der Waals surface area contributed by atoms with E-state index in [0.717, 1.165) is 24.8 Å². The standard InChI is InChI=1S/C20H26N2O/c1-13-7-8-18(14(2)9-13)15(3)22-19(23)20(12-21)11-16-5-4-6-17(20)10-16/h7-9,15-17H,4-6,10-11H2,1-3H3,(H,22,23). The lowest BCUT2D eigenvalue weighted by Crippen LogP contribution is -2.43. The summed E-state index contributed by atoms with van der Waals surface area (Å²) in [6, 6.07) is 8.66. The molecule has 1 N–H and O–H groups in total. The number of nitrogens with zero attached hydrogens (tertiary/aromatic N) is 1. The quantitative estimate of drug-likeness (QED) is 0.909. The van der Waals surface area contributed by atoms with E-state index in [-0.39, 0.29) is 17.9 Å². The average molecular weight is 310 g/mol. The zero-order valence-electron chi connectivity index (χ0n) is 14.4. The second-order valence-corrected chi connectivity index (χ2v) is 7.57. The number of rotatable bonds is 3. The predicted molar refractivity (Wildman–Crippen MR) is 90.6 cm³/mol. The molecule has 0 saturated heterocycles. The van der Waals surface area contributed by atoms with Crippen LogP contribution in [0.5, 0.6) is 0 Å². The summed E-state index contributed by atoms with van der Waals surface area (Å²) in [6.07, 6.45) is 5.17. The molecule has 1 aromatic carbocycles. The van der Waals surface area contributed by atoms with E-state index in [9.17, 15) is 10.1 Å². The van der Waals surface area contributed by atoms with Crippen molar-refractivity contribution in [3.05, 3.63) is 34.9 Å². The van der Waals surface area contributed by atoms with E-state index in [0.29, 0.717) is 5.92 Å². The molecule has 1 amide bonds. The Morgan fingerprint density at radius 3 is 2.83 bits per heavy atom. The van der Waals surface area contributed by atoms with E-state index in [1.54, 1.807) is 0 Å². The summed E-state index contributed by atoms with van der Waals surface area (Å²) in [5, 5.41) is 12.9. The fourth-order valence-electron chi connectivity index (χ4n) is 4.73. The van der Waals surface area contributed by atoms with E-state index in [4.69, 9.17) is 0 Å². The highest BCUT2D eigenvalue weighted by Crippen LogP contribution is 2.53. The third kappa shape index (κ3) is 2.76. The van der Waals surface area contributed by atoms with Gasteiger partial charge in [0.2, 0.25) is 5.91 Å². The van der Waals surface area contributed by atoms with Crippen LogP contribution in [0.2, 0.25) is 0 Å². The van der Waals surface area contributed by atoms with Crippen LogP contribution in [0, 0.1) is 42.4 Å². The number of fused-ring (bicyclic) bond motifs is 2. The molecule has 0 radical (unpaired) electrons. The first-order valence-corrected chi connectivity index (χ1v) is 8.75. The monoisotopic (exact) mass is 310 g/mol. The van der Waals surface area contributed by atoms with Crippen molar-refractivity contribution in [3.8, 4) is 6.07 Å². The van der Waals surface area contributed by atoms with Crippen LogP contribution in [0.3, 0.4) is 0 Å². The summed E-state index contributed by atoms with van der Waals surface area (Å²) in [5.74, 6) is 0.759. The number of nitrogens with one attached hydrogen (secondary N) is 1. The second kappa shape index (κ2) is 6.00. The topological polar surface area (TPSA) is 52.9 Å². The zero-order valence-corrected chi connectivity index (χ0v) is 14.4. The molecule has 4 atom stereocenters. The number of hydrogen-bond donors (Lipinski definition) is 1. The van der Waals surface area contributed by atoms with Gasteiger partial charge in [0.25, 0.3) is 0 Å². The predicted octanol–water partition coefficient (Wildman–Crippen LogP) is 4.20. The van der Waals surface area contributed by atoms with Gasteiger partial charge < -0.3 is 5.32 Å². The third-order valence-corrected chi connectivity index (χ3v) is 5.93. The van der Waals surface area contributed by atoms with Crippen molar-refractivity contribution in [2.24, 2.45) is 17.3 Å². The first-order valence-electron chi connectivity index (χ1n) is 8.75. The zero-order chi connectivity index (χ0) is 16.6. The van der Waals surface area contributed by atoms with E-state index >= 15 is 0 Å². The summed E-state index contributed by atoms with van der Waals surface area (Å²) in [6.45, 7) is 6.17. The van der Waals surface area contributed by atoms with E-state index in [2.05, 4.69) is 43.4 Å². The van der Waals surface area contributed by atoms with Crippen molar-refractivity contribution in [3.63, 3.8) is 0 Å². The Kier molecular flexibility index (Phi) is 4.19. The molecule has 2 fully saturated rings. The minimum absolute atomic E-state index is 0.0538. The molecular weight excluding hydrogens is 284 g/mol. The fourth-order valence-corrected chi connectivity index (χ4v) is 4.73. The van der Waals surface area contributed by atoms with Gasteiger partial charge in [-0.2, -0.15) is 5.26 Å². The van der Waals surface area contributed by atoms with Crippen LogP contribution in [0.25, 0.3) is 0 Å². The van der Waals surface area contributed by atoms with Gasteiger partial charge in [-0.1, -0.05) is 36.6 Å². The fraction of sp³-hybridized carbons (Fsp3) is 0.600. The van der Waals surface area contributed by atoms with Gasteiger partial charge in [-0.05, 0) is 63.0 Å². The Bertz CT molecular complexity index is 660. The number of aryl methyl sites for hydroxylation is 2. The van der Waals surface area contributed by atoms with Crippen molar-refractivity contribution in [1.82, 2.24) is 5.32 Å². The van der Waals surface area contributed by atoms with Gasteiger partial charge in [0.15, 0.2) is 0 Å². The Balaban J connectivity index is 1.79. The highest BCUT2D eigenvalue weighted by atomic mass is 16.2. The largest absolute Gasteiger partial charge is 0.348 e. The summed E-state index contributed by atoms with van der Waals surface area (Å²) in [5.41, 5.74) is 2.75. The van der Waals surface area contributed by atoms with Crippen LogP contribution in [0.1, 0.15) is 61.8 Å². The average Bonchev–Trinajstić information content (AvgIpc) is 2.77. The molecular formula is C20H26N2O. The van der Waals surface area contributed by atoms with Crippen molar-refractivity contribution in [1.29, 1.82) is 5.26 Å². The van der Waals surface area contributed by atoms with Crippen molar-refractivity contribution in [2.45, 2.75) is 58.9 Å². The van der Waals surface area contributed by atoms with Gasteiger partial charge in [-0.3, -0.25) is 4.79 Å². The van der Waals surface area contributed by atoms with Crippen molar-refractivity contribution < 1.29 is 4.79 Å². The molecule has 122 valence electrons. The summed E-state index contributed by atoms with van der Waals surface area (Å²) in [4.78, 5) is 13.0. The maximum Gasteiger partial charge on any atom is 0.241 e. The van der Waals surface area contributed by atoms with E-state index < -0.39 is 5.41 Å². The summed E-state index contributed by atoms with van der Waals surface area (Å²) < 4.78 is 0. The maximum absolute atomic E-state index is 13.0. The summed E-state index contributed by atoms with van der Waals surface area (Å²) >= 11 is 0. The van der Waals surface area contributed by atoms with E-state index in [1.807, 2.05) is 6.92 Å². The van der Waals surface area contributed by atoms with Gasteiger partial charge in [-0.15, -0.1) is 0 Å². The maximum atomic E-state index is 13.0. The second-order valence-electron chi connectivity index (χ2n) is 7.57. The SMILES string of the molecule is Cc1ccc(C(C)NC(=O)C2(C#N)CC3CCCC2C3)c(C)c1. The Labute approximate surface area is 139 Å². The molecule has 3 rings (SSSR count). The lowest BCUT2D eigenvalue weighted by atomic mass is 9.76. The van der Waals surface area contributed by atoms with Gasteiger partial charge in [0, 0.05) is 0 Å². The molecule has 0 aliphatic heterocycles. The first-order chi connectivity index (χ1) is 11.0. The van der Waals surface area contributed by atoms with Crippen molar-refractivity contribution in [2.75, 3.05) is 0 Å². The molecule has 2 aliphatic rings. The highest BCUT2D eigenvalue weighted by molar-refractivity contribution is 5.86. The van der Waals surface area contributed by atoms with Gasteiger partial charge >= 0.3 is 0 Å². The Morgan fingerprint density at radius 1 is 1.39 bits per heavy atom. The molecule has 3 heteroatoms. The van der Waals surface area contributed by atoms with Gasteiger partial charge in [0.1, 0.15) is 5.41 Å².